The van der Waals surface area contributed by atoms with Gasteiger partial charge in [0.25, 0.3) is 0 Å². The quantitative estimate of drug-likeness (QED) is 0.943. The highest BCUT2D eigenvalue weighted by Crippen LogP contribution is 2.32. The zero-order chi connectivity index (χ0) is 15.0. The number of nitrogens with zero attached hydrogens (tertiary/aromatic N) is 2. The van der Waals surface area contributed by atoms with Gasteiger partial charge in [-0.25, -0.2) is 9.07 Å². The number of ketones is 1. The first-order chi connectivity index (χ1) is 10.1. The number of rotatable bonds is 3. The minimum Gasteiger partial charge on any atom is -0.368 e. The maximum atomic E-state index is 13.1. The van der Waals surface area contributed by atoms with E-state index < -0.39 is 0 Å². The lowest BCUT2D eigenvalue weighted by molar-refractivity contribution is 0.0953. The molecule has 0 amide bonds. The molecule has 5 heteroatoms. The molecule has 1 aliphatic rings. The largest absolute Gasteiger partial charge is 0.368 e. The van der Waals surface area contributed by atoms with Crippen molar-refractivity contribution < 1.29 is 9.18 Å². The van der Waals surface area contributed by atoms with Crippen molar-refractivity contribution >= 4 is 11.6 Å². The highest BCUT2D eigenvalue weighted by atomic mass is 19.1. The fraction of sp³-hybridized carbons (Fsp3) is 0.375. The molecule has 110 valence electrons. The van der Waals surface area contributed by atoms with E-state index in [1.165, 1.54) is 12.1 Å². The Kier molecular flexibility index (Phi) is 3.49. The zero-order valence-electron chi connectivity index (χ0n) is 12.2. The van der Waals surface area contributed by atoms with Gasteiger partial charge in [0.15, 0.2) is 11.6 Å². The molecule has 0 spiro atoms. The van der Waals surface area contributed by atoms with Crippen LogP contribution < -0.4 is 5.32 Å². The minimum absolute atomic E-state index is 0.132. The van der Waals surface area contributed by atoms with Crippen LogP contribution in [0.2, 0.25) is 0 Å². The van der Waals surface area contributed by atoms with Crippen LogP contribution in [0.1, 0.15) is 36.3 Å². The number of nitrogens with one attached hydrogen (secondary N) is 1. The summed E-state index contributed by atoms with van der Waals surface area (Å²) in [5.74, 6) is 0.785. The molecule has 0 saturated carbocycles. The number of carbonyl (C=O) groups is 1. The maximum absolute atomic E-state index is 13.1. The monoisotopic (exact) mass is 287 g/mol. The Balaban J connectivity index is 2.15. The SMILES string of the molecule is CCNc1nn(-c2ccc(F)cc2)c2c1C(=O)C[C@H](C)C2. The lowest BCUT2D eigenvalue weighted by Crippen LogP contribution is -2.20. The summed E-state index contributed by atoms with van der Waals surface area (Å²) in [6, 6.07) is 6.18. The topological polar surface area (TPSA) is 46.9 Å². The van der Waals surface area contributed by atoms with E-state index in [9.17, 15) is 9.18 Å². The number of benzene rings is 1. The Hall–Kier alpha value is -2.17. The molecular weight excluding hydrogens is 269 g/mol. The molecule has 0 radical (unpaired) electrons. The van der Waals surface area contributed by atoms with E-state index in [0.717, 1.165) is 17.8 Å². The van der Waals surface area contributed by atoms with Gasteiger partial charge in [0.2, 0.25) is 0 Å². The lowest BCUT2D eigenvalue weighted by Gasteiger charge is -2.19. The molecule has 1 atom stereocenters. The Morgan fingerprint density at radius 2 is 2.05 bits per heavy atom. The van der Waals surface area contributed by atoms with Crippen LogP contribution >= 0.6 is 0 Å². The van der Waals surface area contributed by atoms with Crippen molar-refractivity contribution in [2.45, 2.75) is 26.7 Å². The number of hydrogen-bond donors (Lipinski definition) is 1. The molecule has 1 aromatic heterocycles. The van der Waals surface area contributed by atoms with E-state index in [2.05, 4.69) is 17.3 Å². The standard InChI is InChI=1S/C16H18FN3O/c1-3-18-16-15-13(8-10(2)9-14(15)21)20(19-16)12-6-4-11(17)5-7-12/h4-7,10H,3,8-9H2,1-2H3,(H,18,19)/t10-/m1/s1. The van der Waals surface area contributed by atoms with Gasteiger partial charge >= 0.3 is 0 Å². The van der Waals surface area contributed by atoms with Crippen molar-refractivity contribution in [3.05, 3.63) is 41.3 Å². The van der Waals surface area contributed by atoms with Crippen LogP contribution in [0, 0.1) is 11.7 Å². The number of aromatic nitrogens is 2. The number of halogens is 1. The smallest absolute Gasteiger partial charge is 0.168 e. The molecule has 0 bridgehead atoms. The van der Waals surface area contributed by atoms with E-state index in [4.69, 9.17) is 0 Å². The van der Waals surface area contributed by atoms with Gasteiger partial charge in [0.1, 0.15) is 5.82 Å². The van der Waals surface area contributed by atoms with E-state index in [-0.39, 0.29) is 11.6 Å². The molecular formula is C16H18FN3O. The number of carbonyl (C=O) groups excluding carboxylic acids is 1. The van der Waals surface area contributed by atoms with Gasteiger partial charge in [0, 0.05) is 13.0 Å². The predicted molar refractivity (Wildman–Crippen MR) is 79.5 cm³/mol. The molecule has 1 aliphatic carbocycles. The fourth-order valence-electron chi connectivity index (χ4n) is 2.84. The minimum atomic E-state index is -0.281. The highest BCUT2D eigenvalue weighted by molar-refractivity contribution is 6.02. The third-order valence-corrected chi connectivity index (χ3v) is 3.75. The van der Waals surface area contributed by atoms with Gasteiger partial charge in [-0.05, 0) is 43.5 Å². The molecule has 1 N–H and O–H groups in total. The molecule has 4 nitrogen and oxygen atoms in total. The molecule has 1 heterocycles. The number of Topliss-reactive ketones (excluding diaryl/α,β-unsaturated/α-hetero) is 1. The summed E-state index contributed by atoms with van der Waals surface area (Å²) in [4.78, 5) is 12.3. The molecule has 0 fully saturated rings. The fourth-order valence-corrected chi connectivity index (χ4v) is 2.84. The number of fused-ring (bicyclic) bond motifs is 1. The molecule has 2 aromatic rings. The van der Waals surface area contributed by atoms with E-state index in [1.54, 1.807) is 16.8 Å². The van der Waals surface area contributed by atoms with Crippen LogP contribution in [0.15, 0.2) is 24.3 Å². The summed E-state index contributed by atoms with van der Waals surface area (Å²) in [6.45, 7) is 4.74. The third kappa shape index (κ3) is 2.44. The third-order valence-electron chi connectivity index (χ3n) is 3.75. The Morgan fingerprint density at radius 1 is 1.33 bits per heavy atom. The van der Waals surface area contributed by atoms with Crippen LogP contribution in [0.25, 0.3) is 5.69 Å². The van der Waals surface area contributed by atoms with Crippen molar-refractivity contribution in [1.29, 1.82) is 0 Å². The molecule has 0 aliphatic heterocycles. The van der Waals surface area contributed by atoms with Gasteiger partial charge in [-0.1, -0.05) is 6.92 Å². The average molecular weight is 287 g/mol. The van der Waals surface area contributed by atoms with Gasteiger partial charge in [0.05, 0.1) is 16.9 Å². The van der Waals surface area contributed by atoms with Gasteiger partial charge < -0.3 is 5.32 Å². The Labute approximate surface area is 123 Å². The van der Waals surface area contributed by atoms with Gasteiger partial charge in [-0.2, -0.15) is 0 Å². The van der Waals surface area contributed by atoms with Crippen molar-refractivity contribution in [2.24, 2.45) is 5.92 Å². The average Bonchev–Trinajstić information content (AvgIpc) is 2.79. The van der Waals surface area contributed by atoms with Crippen molar-refractivity contribution in [2.75, 3.05) is 11.9 Å². The second-order valence-corrected chi connectivity index (χ2v) is 5.53. The van der Waals surface area contributed by atoms with Crippen LogP contribution in [-0.2, 0) is 6.42 Å². The number of hydrogen-bond acceptors (Lipinski definition) is 3. The summed E-state index contributed by atoms with van der Waals surface area (Å²) >= 11 is 0. The maximum Gasteiger partial charge on any atom is 0.168 e. The highest BCUT2D eigenvalue weighted by Gasteiger charge is 2.30. The van der Waals surface area contributed by atoms with Crippen LogP contribution in [0.5, 0.6) is 0 Å². The van der Waals surface area contributed by atoms with Crippen LogP contribution in [0.3, 0.4) is 0 Å². The van der Waals surface area contributed by atoms with Crippen molar-refractivity contribution in [1.82, 2.24) is 9.78 Å². The molecule has 21 heavy (non-hydrogen) atoms. The van der Waals surface area contributed by atoms with Crippen LogP contribution in [0.4, 0.5) is 10.2 Å². The molecule has 0 unspecified atom stereocenters. The Morgan fingerprint density at radius 3 is 2.71 bits per heavy atom. The van der Waals surface area contributed by atoms with Gasteiger partial charge in [-0.15, -0.1) is 5.10 Å². The first-order valence-corrected chi connectivity index (χ1v) is 7.25. The zero-order valence-corrected chi connectivity index (χ0v) is 12.2. The molecule has 1 aromatic carbocycles. The molecule has 0 saturated heterocycles. The van der Waals surface area contributed by atoms with E-state index in [0.29, 0.717) is 30.3 Å². The Bertz CT molecular complexity index is 676. The van der Waals surface area contributed by atoms with Gasteiger partial charge in [-0.3, -0.25) is 4.79 Å². The van der Waals surface area contributed by atoms with Crippen LogP contribution in [-0.4, -0.2) is 22.1 Å². The summed E-state index contributed by atoms with van der Waals surface area (Å²) in [7, 11) is 0. The summed E-state index contributed by atoms with van der Waals surface area (Å²) < 4.78 is 14.9. The number of anilines is 1. The molecule has 3 rings (SSSR count). The predicted octanol–water partition coefficient (Wildman–Crippen LogP) is 3.21. The summed E-state index contributed by atoms with van der Waals surface area (Å²) in [5, 5.41) is 7.68. The first-order valence-electron chi connectivity index (χ1n) is 7.25. The first kappa shape index (κ1) is 13.8. The normalized spacial score (nSPS) is 17.7. The lowest BCUT2D eigenvalue weighted by atomic mass is 9.88. The summed E-state index contributed by atoms with van der Waals surface area (Å²) in [6.07, 6.45) is 1.36. The van der Waals surface area contributed by atoms with Crippen molar-refractivity contribution in [3.63, 3.8) is 0 Å². The summed E-state index contributed by atoms with van der Waals surface area (Å²) in [5.41, 5.74) is 2.39. The van der Waals surface area contributed by atoms with Crippen molar-refractivity contribution in [3.8, 4) is 5.69 Å². The van der Waals surface area contributed by atoms with E-state index >= 15 is 0 Å². The van der Waals surface area contributed by atoms with E-state index in [1.807, 2.05) is 6.92 Å². The second kappa shape index (κ2) is 5.31. The second-order valence-electron chi connectivity index (χ2n) is 5.53.